The summed E-state index contributed by atoms with van der Waals surface area (Å²) in [7, 11) is 0. The molecule has 136 valence electrons. The molecule has 1 saturated heterocycles. The van der Waals surface area contributed by atoms with Gasteiger partial charge in [-0.3, -0.25) is 9.59 Å². The van der Waals surface area contributed by atoms with E-state index < -0.39 is 17.7 Å². The van der Waals surface area contributed by atoms with Crippen LogP contribution >= 0.6 is 22.6 Å². The fraction of sp³-hybridized carbons (Fsp3) is 0.333. The lowest BCUT2D eigenvalue weighted by atomic mass is 9.93. The van der Waals surface area contributed by atoms with Gasteiger partial charge in [0.05, 0.1) is 0 Å². The highest BCUT2D eigenvalue weighted by Gasteiger charge is 2.43. The maximum absolute atomic E-state index is 11.0. The van der Waals surface area contributed by atoms with Crippen molar-refractivity contribution >= 4 is 34.5 Å². The molecular weight excluding hydrogens is 443 g/mol. The largest absolute Gasteiger partial charge is 0.422 e. The Balaban J connectivity index is 0.000000151. The minimum absolute atomic E-state index is 0.234. The van der Waals surface area contributed by atoms with Crippen LogP contribution in [0.25, 0.3) is 11.1 Å². The van der Waals surface area contributed by atoms with Crippen LogP contribution in [0.15, 0.2) is 54.6 Å². The van der Waals surface area contributed by atoms with Crippen LogP contribution in [0.3, 0.4) is 0 Å². The predicted octanol–water partition coefficient (Wildman–Crippen LogP) is 5.10. The molecule has 0 radical (unpaired) electrons. The zero-order chi connectivity index (χ0) is 18.4. The third kappa shape index (κ3) is 5.06. The third-order valence-corrected chi connectivity index (χ3v) is 5.17. The first-order chi connectivity index (χ1) is 12.6. The summed E-state index contributed by atoms with van der Waals surface area (Å²) in [6, 6.07) is 19.0. The number of esters is 2. The lowest BCUT2D eigenvalue weighted by molar-refractivity contribution is -0.252. The van der Waals surface area contributed by atoms with Crippen molar-refractivity contribution in [3.63, 3.8) is 0 Å². The van der Waals surface area contributed by atoms with Crippen LogP contribution in [0.2, 0.25) is 0 Å². The molecule has 0 atom stereocenters. The Labute approximate surface area is 167 Å². The van der Waals surface area contributed by atoms with Gasteiger partial charge in [0.2, 0.25) is 0 Å². The highest BCUT2D eigenvalue weighted by molar-refractivity contribution is 14.1. The molecule has 1 aliphatic heterocycles. The van der Waals surface area contributed by atoms with Crippen molar-refractivity contribution in [2.45, 2.75) is 44.3 Å². The molecule has 0 amide bonds. The SMILES string of the molecule is Ic1ccc(-c2ccccc2)cc1.O=C1CC(=O)OC2(CCCCC2)O1. The number of hydrogen-bond donors (Lipinski definition) is 0. The lowest BCUT2D eigenvalue weighted by Crippen LogP contribution is -2.46. The van der Waals surface area contributed by atoms with Gasteiger partial charge in [-0.25, -0.2) is 0 Å². The van der Waals surface area contributed by atoms with Crippen molar-refractivity contribution in [2.24, 2.45) is 0 Å². The highest BCUT2D eigenvalue weighted by atomic mass is 127. The normalized spacial score (nSPS) is 18.3. The summed E-state index contributed by atoms with van der Waals surface area (Å²) in [5.74, 6) is -1.79. The second-order valence-corrected chi connectivity index (χ2v) is 7.71. The maximum Gasteiger partial charge on any atom is 0.320 e. The van der Waals surface area contributed by atoms with Gasteiger partial charge in [0, 0.05) is 16.4 Å². The Kier molecular flexibility index (Phi) is 6.29. The predicted molar refractivity (Wildman–Crippen MR) is 107 cm³/mol. The minimum Gasteiger partial charge on any atom is -0.422 e. The Morgan fingerprint density at radius 3 is 1.85 bits per heavy atom. The fourth-order valence-electron chi connectivity index (χ4n) is 3.19. The smallest absolute Gasteiger partial charge is 0.320 e. The van der Waals surface area contributed by atoms with Gasteiger partial charge in [0.1, 0.15) is 6.42 Å². The molecule has 2 aromatic rings. The van der Waals surface area contributed by atoms with E-state index in [-0.39, 0.29) is 6.42 Å². The van der Waals surface area contributed by atoms with Gasteiger partial charge in [-0.2, -0.15) is 0 Å². The molecule has 5 heteroatoms. The maximum atomic E-state index is 11.0. The minimum atomic E-state index is -0.898. The van der Waals surface area contributed by atoms with Gasteiger partial charge < -0.3 is 9.47 Å². The van der Waals surface area contributed by atoms with Gasteiger partial charge in [0.15, 0.2) is 0 Å². The Morgan fingerprint density at radius 2 is 1.27 bits per heavy atom. The summed E-state index contributed by atoms with van der Waals surface area (Å²) in [4.78, 5) is 22.0. The fourth-order valence-corrected chi connectivity index (χ4v) is 3.55. The average Bonchev–Trinajstić information content (AvgIpc) is 2.63. The molecule has 1 saturated carbocycles. The molecule has 26 heavy (non-hydrogen) atoms. The molecule has 0 unspecified atom stereocenters. The van der Waals surface area contributed by atoms with Crippen molar-refractivity contribution in [3.8, 4) is 11.1 Å². The molecule has 1 spiro atoms. The number of halogens is 1. The zero-order valence-electron chi connectivity index (χ0n) is 14.4. The molecule has 1 heterocycles. The molecule has 4 rings (SSSR count). The van der Waals surface area contributed by atoms with E-state index >= 15 is 0 Å². The number of benzene rings is 2. The average molecular weight is 464 g/mol. The van der Waals surface area contributed by atoms with E-state index in [4.69, 9.17) is 9.47 Å². The van der Waals surface area contributed by atoms with E-state index in [2.05, 4.69) is 71.1 Å². The topological polar surface area (TPSA) is 52.6 Å². The molecule has 0 N–H and O–H groups in total. The monoisotopic (exact) mass is 464 g/mol. The number of ether oxygens (including phenoxy) is 2. The van der Waals surface area contributed by atoms with Crippen LogP contribution in [0.5, 0.6) is 0 Å². The molecule has 0 bridgehead atoms. The Bertz CT molecular complexity index is 731. The van der Waals surface area contributed by atoms with Crippen molar-refractivity contribution in [3.05, 3.63) is 58.2 Å². The molecule has 2 aliphatic rings. The van der Waals surface area contributed by atoms with Crippen molar-refractivity contribution in [1.82, 2.24) is 0 Å². The van der Waals surface area contributed by atoms with Gasteiger partial charge in [-0.05, 0) is 58.7 Å². The lowest BCUT2D eigenvalue weighted by Gasteiger charge is -2.38. The second-order valence-electron chi connectivity index (χ2n) is 6.47. The van der Waals surface area contributed by atoms with E-state index in [1.54, 1.807) is 0 Å². The van der Waals surface area contributed by atoms with Crippen LogP contribution in [0.4, 0.5) is 0 Å². The first kappa shape index (κ1) is 18.9. The number of hydrogen-bond acceptors (Lipinski definition) is 4. The van der Waals surface area contributed by atoms with Crippen molar-refractivity contribution < 1.29 is 19.1 Å². The van der Waals surface area contributed by atoms with Crippen LogP contribution in [0, 0.1) is 3.57 Å². The van der Waals surface area contributed by atoms with Gasteiger partial charge in [0.25, 0.3) is 5.79 Å². The quantitative estimate of drug-likeness (QED) is 0.335. The highest BCUT2D eigenvalue weighted by Crippen LogP contribution is 2.35. The molecule has 0 aromatic heterocycles. The summed E-state index contributed by atoms with van der Waals surface area (Å²) in [5, 5.41) is 0. The first-order valence-corrected chi connectivity index (χ1v) is 9.89. The summed E-state index contributed by atoms with van der Waals surface area (Å²) < 4.78 is 11.5. The summed E-state index contributed by atoms with van der Waals surface area (Å²) in [6.45, 7) is 0. The summed E-state index contributed by atoms with van der Waals surface area (Å²) >= 11 is 2.32. The zero-order valence-corrected chi connectivity index (χ0v) is 16.6. The number of carbonyl (C=O) groups excluding carboxylic acids is 2. The van der Waals surface area contributed by atoms with Gasteiger partial charge in [-0.15, -0.1) is 0 Å². The standard InChI is InChI=1S/C12H9I.C9H12O4/c13-12-8-6-11(7-9-12)10-4-2-1-3-5-10;10-7-6-8(11)13-9(12-7)4-2-1-3-5-9/h1-9H;1-6H2. The van der Waals surface area contributed by atoms with E-state index in [9.17, 15) is 9.59 Å². The van der Waals surface area contributed by atoms with Crippen LogP contribution < -0.4 is 0 Å². The molecule has 2 aromatic carbocycles. The summed E-state index contributed by atoms with van der Waals surface area (Å²) in [6.07, 6.45) is 4.12. The number of carbonyl (C=O) groups is 2. The number of rotatable bonds is 1. The van der Waals surface area contributed by atoms with Gasteiger partial charge in [-0.1, -0.05) is 48.9 Å². The summed E-state index contributed by atoms with van der Waals surface area (Å²) in [5.41, 5.74) is 2.56. The third-order valence-electron chi connectivity index (χ3n) is 4.46. The van der Waals surface area contributed by atoms with Crippen molar-refractivity contribution in [1.29, 1.82) is 0 Å². The Morgan fingerprint density at radius 1 is 0.731 bits per heavy atom. The van der Waals surface area contributed by atoms with E-state index in [0.29, 0.717) is 12.8 Å². The van der Waals surface area contributed by atoms with Gasteiger partial charge >= 0.3 is 11.9 Å². The first-order valence-electron chi connectivity index (χ1n) is 8.81. The molecule has 2 fully saturated rings. The van der Waals surface area contributed by atoms with E-state index in [1.165, 1.54) is 14.7 Å². The second kappa shape index (κ2) is 8.66. The van der Waals surface area contributed by atoms with Crippen LogP contribution in [-0.2, 0) is 19.1 Å². The molecular formula is C21H21IO4. The van der Waals surface area contributed by atoms with Crippen LogP contribution in [0.1, 0.15) is 38.5 Å². The van der Waals surface area contributed by atoms with Crippen molar-refractivity contribution in [2.75, 3.05) is 0 Å². The van der Waals surface area contributed by atoms with E-state index in [0.717, 1.165) is 19.3 Å². The van der Waals surface area contributed by atoms with Crippen LogP contribution in [-0.4, -0.2) is 17.7 Å². The Hall–Kier alpha value is -1.89. The molecule has 4 nitrogen and oxygen atoms in total. The van der Waals surface area contributed by atoms with E-state index in [1.807, 2.05) is 6.07 Å². The molecule has 1 aliphatic carbocycles.